The summed E-state index contributed by atoms with van der Waals surface area (Å²) >= 11 is 0. The van der Waals surface area contributed by atoms with Crippen LogP contribution < -0.4 is 10.7 Å². The van der Waals surface area contributed by atoms with Crippen LogP contribution in [0, 0.1) is 13.8 Å². The molecule has 5 aromatic rings. The van der Waals surface area contributed by atoms with Crippen LogP contribution in [-0.2, 0) is 7.05 Å². The molecule has 2 heterocycles. The normalized spacial score (nSPS) is 12.1. The average molecular weight is 450 g/mol. The van der Waals surface area contributed by atoms with Crippen LogP contribution in [0.1, 0.15) is 29.7 Å². The van der Waals surface area contributed by atoms with Crippen LogP contribution in [0.15, 0.2) is 88.5 Å². The minimum absolute atomic E-state index is 0.00568. The zero-order valence-electron chi connectivity index (χ0n) is 19.8. The minimum atomic E-state index is -0.109. The number of aryl methyl sites for hydroxylation is 2. The monoisotopic (exact) mass is 449 g/mol. The van der Waals surface area contributed by atoms with E-state index in [4.69, 9.17) is 4.42 Å². The van der Waals surface area contributed by atoms with Gasteiger partial charge < -0.3 is 14.3 Å². The molecule has 0 radical (unpaired) electrons. The van der Waals surface area contributed by atoms with Gasteiger partial charge in [0.25, 0.3) is 0 Å². The first-order chi connectivity index (χ1) is 16.4. The van der Waals surface area contributed by atoms with Crippen molar-refractivity contribution in [1.82, 2.24) is 9.55 Å². The summed E-state index contributed by atoms with van der Waals surface area (Å²) in [6, 6.07) is 21.8. The smallest absolute Gasteiger partial charge is 0.196 e. The number of para-hydroxylation sites is 1. The summed E-state index contributed by atoms with van der Waals surface area (Å²) in [5.74, 6) is 0.615. The molecular formula is C29H27N3O2. The van der Waals surface area contributed by atoms with E-state index in [0.717, 1.165) is 33.6 Å². The highest BCUT2D eigenvalue weighted by molar-refractivity contribution is 5.85. The van der Waals surface area contributed by atoms with E-state index in [1.807, 2.05) is 86.3 Å². The van der Waals surface area contributed by atoms with Crippen molar-refractivity contribution in [3.8, 4) is 22.6 Å². The Kier molecular flexibility index (Phi) is 5.54. The maximum Gasteiger partial charge on any atom is 0.196 e. The molecule has 3 aromatic carbocycles. The Morgan fingerprint density at radius 3 is 2.47 bits per heavy atom. The van der Waals surface area contributed by atoms with E-state index in [1.165, 1.54) is 0 Å². The first-order valence-corrected chi connectivity index (χ1v) is 11.4. The second kappa shape index (κ2) is 8.67. The van der Waals surface area contributed by atoms with E-state index in [0.29, 0.717) is 22.3 Å². The van der Waals surface area contributed by atoms with Gasteiger partial charge in [-0.2, -0.15) is 0 Å². The van der Waals surface area contributed by atoms with Crippen molar-refractivity contribution in [1.29, 1.82) is 0 Å². The number of imidazole rings is 1. The van der Waals surface area contributed by atoms with Gasteiger partial charge in [-0.3, -0.25) is 4.79 Å². The van der Waals surface area contributed by atoms with Gasteiger partial charge in [-0.05, 0) is 38.5 Å². The van der Waals surface area contributed by atoms with Gasteiger partial charge in [0.1, 0.15) is 11.3 Å². The Morgan fingerprint density at radius 1 is 1.00 bits per heavy atom. The fourth-order valence-corrected chi connectivity index (χ4v) is 4.45. The van der Waals surface area contributed by atoms with Crippen molar-refractivity contribution < 1.29 is 4.42 Å². The van der Waals surface area contributed by atoms with Gasteiger partial charge in [-0.1, -0.05) is 54.6 Å². The van der Waals surface area contributed by atoms with Crippen molar-refractivity contribution in [3.05, 3.63) is 106 Å². The highest BCUT2D eigenvalue weighted by Crippen LogP contribution is 2.34. The molecule has 0 aliphatic carbocycles. The first kappa shape index (κ1) is 21.7. The zero-order valence-corrected chi connectivity index (χ0v) is 19.8. The third-order valence-electron chi connectivity index (χ3n) is 6.17. The van der Waals surface area contributed by atoms with E-state index in [-0.39, 0.29) is 11.5 Å². The number of rotatable bonds is 5. The van der Waals surface area contributed by atoms with Crippen LogP contribution in [0.4, 0.5) is 5.69 Å². The predicted molar refractivity (Wildman–Crippen MR) is 138 cm³/mol. The second-order valence-electron chi connectivity index (χ2n) is 8.82. The predicted octanol–water partition coefficient (Wildman–Crippen LogP) is 6.65. The molecule has 0 aliphatic rings. The number of aromatic nitrogens is 2. The Morgan fingerprint density at radius 2 is 1.74 bits per heavy atom. The van der Waals surface area contributed by atoms with Gasteiger partial charge >= 0.3 is 0 Å². The number of fused-ring (bicyclic) bond motifs is 1. The van der Waals surface area contributed by atoms with E-state index >= 15 is 0 Å². The molecule has 34 heavy (non-hydrogen) atoms. The standard InChI is InChI=1S/C29H27N3O2/c1-18-14-23(20(3)31-25-13-9-8-12-22(25)26-16-32(4)17-30-26)29-24(15-18)27(33)19(2)28(34-29)21-10-6-5-7-11-21/h5-17,20,31H,1-4H3/t20-/m1/s1. The molecule has 0 unspecified atom stereocenters. The van der Waals surface area contributed by atoms with Crippen molar-refractivity contribution in [2.75, 3.05) is 5.32 Å². The fraction of sp³-hybridized carbons (Fsp3) is 0.172. The van der Waals surface area contributed by atoms with Crippen LogP contribution in [0.3, 0.4) is 0 Å². The van der Waals surface area contributed by atoms with Gasteiger partial charge in [-0.25, -0.2) is 4.98 Å². The van der Waals surface area contributed by atoms with E-state index < -0.39 is 0 Å². The molecule has 0 saturated heterocycles. The van der Waals surface area contributed by atoms with Crippen molar-refractivity contribution >= 4 is 16.7 Å². The summed E-state index contributed by atoms with van der Waals surface area (Å²) in [5, 5.41) is 4.25. The van der Waals surface area contributed by atoms with Crippen LogP contribution in [-0.4, -0.2) is 9.55 Å². The summed E-state index contributed by atoms with van der Waals surface area (Å²) < 4.78 is 8.40. The highest BCUT2D eigenvalue weighted by atomic mass is 16.3. The summed E-state index contributed by atoms with van der Waals surface area (Å²) in [7, 11) is 1.96. The maximum atomic E-state index is 13.4. The lowest BCUT2D eigenvalue weighted by molar-refractivity contribution is 0.605. The maximum absolute atomic E-state index is 13.4. The Balaban J connectivity index is 1.63. The third kappa shape index (κ3) is 3.90. The molecule has 2 aromatic heterocycles. The lowest BCUT2D eigenvalue weighted by atomic mass is 9.98. The fourth-order valence-electron chi connectivity index (χ4n) is 4.45. The molecule has 0 aliphatic heterocycles. The first-order valence-electron chi connectivity index (χ1n) is 11.4. The third-order valence-corrected chi connectivity index (χ3v) is 6.17. The van der Waals surface area contributed by atoms with E-state index in [9.17, 15) is 4.79 Å². The SMILES string of the molecule is Cc1cc([C@@H](C)Nc2ccccc2-c2cn(C)cn2)c2oc(-c3ccccc3)c(C)c(=O)c2c1. The number of hydrogen-bond donors (Lipinski definition) is 1. The minimum Gasteiger partial charge on any atom is -0.455 e. The van der Waals surface area contributed by atoms with Gasteiger partial charge in [0.15, 0.2) is 5.43 Å². The van der Waals surface area contributed by atoms with Crippen LogP contribution >= 0.6 is 0 Å². The summed E-state index contributed by atoms with van der Waals surface area (Å²) in [4.78, 5) is 17.9. The quantitative estimate of drug-likeness (QED) is 0.326. The van der Waals surface area contributed by atoms with Crippen molar-refractivity contribution in [3.63, 3.8) is 0 Å². The molecule has 170 valence electrons. The largest absolute Gasteiger partial charge is 0.455 e. The Bertz CT molecular complexity index is 1550. The van der Waals surface area contributed by atoms with E-state index in [1.54, 1.807) is 6.33 Å². The molecular weight excluding hydrogens is 422 g/mol. The van der Waals surface area contributed by atoms with Gasteiger partial charge in [0, 0.05) is 41.2 Å². The van der Waals surface area contributed by atoms with Crippen LogP contribution in [0.5, 0.6) is 0 Å². The molecule has 5 nitrogen and oxygen atoms in total. The molecule has 0 saturated carbocycles. The number of benzene rings is 3. The summed E-state index contributed by atoms with van der Waals surface area (Å²) in [6.45, 7) is 5.93. The van der Waals surface area contributed by atoms with Gasteiger partial charge in [0.05, 0.1) is 23.4 Å². The number of hydrogen-bond acceptors (Lipinski definition) is 4. The molecule has 0 amide bonds. The van der Waals surface area contributed by atoms with Crippen LogP contribution in [0.25, 0.3) is 33.6 Å². The van der Waals surface area contributed by atoms with Gasteiger partial charge in [0.2, 0.25) is 0 Å². The van der Waals surface area contributed by atoms with Crippen molar-refractivity contribution in [2.24, 2.45) is 7.05 Å². The second-order valence-corrected chi connectivity index (χ2v) is 8.82. The molecule has 0 fully saturated rings. The molecule has 5 rings (SSSR count). The number of anilines is 1. The lowest BCUT2D eigenvalue weighted by Crippen LogP contribution is -2.12. The van der Waals surface area contributed by atoms with Crippen LogP contribution in [0.2, 0.25) is 0 Å². The zero-order chi connectivity index (χ0) is 23.8. The summed E-state index contributed by atoms with van der Waals surface area (Å²) in [5.41, 5.74) is 7.01. The molecule has 0 spiro atoms. The molecule has 1 atom stereocenters. The van der Waals surface area contributed by atoms with Crippen molar-refractivity contribution in [2.45, 2.75) is 26.8 Å². The molecule has 5 heteroatoms. The van der Waals surface area contributed by atoms with E-state index in [2.05, 4.69) is 29.4 Å². The summed E-state index contributed by atoms with van der Waals surface area (Å²) in [6.07, 6.45) is 3.80. The lowest BCUT2D eigenvalue weighted by Gasteiger charge is -2.20. The Hall–Kier alpha value is -4.12. The average Bonchev–Trinajstić information content (AvgIpc) is 3.28. The molecule has 1 N–H and O–H groups in total. The highest BCUT2D eigenvalue weighted by Gasteiger charge is 2.19. The molecule has 0 bridgehead atoms. The number of nitrogens with zero attached hydrogens (tertiary/aromatic N) is 2. The number of nitrogens with one attached hydrogen (secondary N) is 1. The Labute approximate surface area is 198 Å². The van der Waals surface area contributed by atoms with Gasteiger partial charge in [-0.15, -0.1) is 0 Å². The topological polar surface area (TPSA) is 60.1 Å².